The summed E-state index contributed by atoms with van der Waals surface area (Å²) in [5, 5.41) is 13.2. The summed E-state index contributed by atoms with van der Waals surface area (Å²) in [4.78, 5) is 15.1. The molecule has 1 fully saturated rings. The molecule has 0 radical (unpaired) electrons. The van der Waals surface area contributed by atoms with E-state index in [1.165, 1.54) is 0 Å². The molecule has 0 aromatic carbocycles. The number of H-pyrrole nitrogens is 2. The van der Waals surface area contributed by atoms with Gasteiger partial charge in [-0.3, -0.25) is 9.78 Å². The Hall–Kier alpha value is -3.72. The van der Waals surface area contributed by atoms with E-state index >= 15 is 0 Å². The lowest BCUT2D eigenvalue weighted by molar-refractivity contribution is 0.0986. The predicted molar refractivity (Wildman–Crippen MR) is 119 cm³/mol. The first kappa shape index (κ1) is 18.1. The Balaban J connectivity index is 1.67. The van der Waals surface area contributed by atoms with Crippen LogP contribution in [0.2, 0.25) is 0 Å². The SMILES string of the molecule is C[C@@H]1COCCN1c1cc(-c2ccnc3[nH]ccc23)c2nn(C)c(-c3cc[nH]n3)c2n1. The van der Waals surface area contributed by atoms with Gasteiger partial charge in [0.15, 0.2) is 0 Å². The summed E-state index contributed by atoms with van der Waals surface area (Å²) in [5.74, 6) is 0.920. The summed E-state index contributed by atoms with van der Waals surface area (Å²) in [7, 11) is 1.94. The van der Waals surface area contributed by atoms with Crippen molar-refractivity contribution in [3.63, 3.8) is 0 Å². The van der Waals surface area contributed by atoms with E-state index in [1.54, 1.807) is 0 Å². The van der Waals surface area contributed by atoms with Crippen molar-refractivity contribution in [3.8, 4) is 22.5 Å². The number of nitrogens with one attached hydrogen (secondary N) is 2. The molecule has 6 rings (SSSR count). The van der Waals surface area contributed by atoms with Crippen molar-refractivity contribution in [2.24, 2.45) is 7.05 Å². The van der Waals surface area contributed by atoms with Crippen molar-refractivity contribution in [1.82, 2.24) is 34.9 Å². The van der Waals surface area contributed by atoms with Crippen LogP contribution < -0.4 is 4.90 Å². The fraction of sp³-hybridized carbons (Fsp3) is 0.273. The van der Waals surface area contributed by atoms with Gasteiger partial charge in [0, 0.05) is 43.1 Å². The molecule has 9 nitrogen and oxygen atoms in total. The summed E-state index contributed by atoms with van der Waals surface area (Å²) in [5.41, 5.74) is 6.35. The van der Waals surface area contributed by atoms with Crippen LogP contribution in [0.25, 0.3) is 44.6 Å². The van der Waals surface area contributed by atoms with E-state index in [-0.39, 0.29) is 6.04 Å². The van der Waals surface area contributed by atoms with Gasteiger partial charge in [0.2, 0.25) is 0 Å². The Morgan fingerprint density at radius 3 is 2.90 bits per heavy atom. The molecule has 0 saturated carbocycles. The van der Waals surface area contributed by atoms with E-state index in [0.717, 1.165) is 56.9 Å². The molecule has 0 aliphatic carbocycles. The van der Waals surface area contributed by atoms with Crippen molar-refractivity contribution in [3.05, 3.63) is 42.9 Å². The average molecular weight is 414 g/mol. The number of aryl methyl sites for hydroxylation is 1. The quantitative estimate of drug-likeness (QED) is 0.470. The highest BCUT2D eigenvalue weighted by Gasteiger charge is 2.25. The maximum atomic E-state index is 5.66. The number of aromatic nitrogens is 7. The normalized spacial score (nSPS) is 17.1. The number of rotatable bonds is 3. The second-order valence-corrected chi connectivity index (χ2v) is 7.87. The molecule has 5 aromatic rings. The van der Waals surface area contributed by atoms with Gasteiger partial charge in [0.25, 0.3) is 0 Å². The van der Waals surface area contributed by atoms with Crippen LogP contribution >= 0.6 is 0 Å². The number of aromatic amines is 2. The number of fused-ring (bicyclic) bond motifs is 2. The number of pyridine rings is 2. The molecule has 156 valence electrons. The fourth-order valence-corrected chi connectivity index (χ4v) is 4.44. The summed E-state index contributed by atoms with van der Waals surface area (Å²) < 4.78 is 7.52. The molecule has 1 atom stereocenters. The number of hydrogen-bond acceptors (Lipinski definition) is 6. The molecule has 1 aliphatic rings. The lowest BCUT2D eigenvalue weighted by atomic mass is 10.0. The summed E-state index contributed by atoms with van der Waals surface area (Å²) in [6.45, 7) is 4.34. The molecule has 2 N–H and O–H groups in total. The average Bonchev–Trinajstić information content (AvgIpc) is 3.52. The van der Waals surface area contributed by atoms with Crippen LogP contribution in [-0.4, -0.2) is 60.7 Å². The first-order valence-corrected chi connectivity index (χ1v) is 10.4. The van der Waals surface area contributed by atoms with Crippen LogP contribution in [0.1, 0.15) is 6.92 Å². The highest BCUT2D eigenvalue weighted by Crippen LogP contribution is 2.38. The lowest BCUT2D eigenvalue weighted by Crippen LogP contribution is -2.44. The van der Waals surface area contributed by atoms with Gasteiger partial charge in [-0.15, -0.1) is 0 Å². The first-order chi connectivity index (χ1) is 15.2. The Morgan fingerprint density at radius 2 is 2.06 bits per heavy atom. The van der Waals surface area contributed by atoms with Gasteiger partial charge < -0.3 is 14.6 Å². The molecule has 0 unspecified atom stereocenters. The highest BCUT2D eigenvalue weighted by atomic mass is 16.5. The predicted octanol–water partition coefficient (Wildman–Crippen LogP) is 3.13. The maximum absolute atomic E-state index is 5.66. The number of morpholine rings is 1. The molecule has 1 aliphatic heterocycles. The fourth-order valence-electron chi connectivity index (χ4n) is 4.44. The lowest BCUT2D eigenvalue weighted by Gasteiger charge is -2.34. The van der Waals surface area contributed by atoms with Crippen LogP contribution in [0.4, 0.5) is 5.82 Å². The van der Waals surface area contributed by atoms with E-state index < -0.39 is 0 Å². The van der Waals surface area contributed by atoms with E-state index in [1.807, 2.05) is 42.5 Å². The second kappa shape index (κ2) is 6.92. The maximum Gasteiger partial charge on any atom is 0.137 e. The van der Waals surface area contributed by atoms with Crippen LogP contribution in [0.5, 0.6) is 0 Å². The number of nitrogens with zero attached hydrogens (tertiary/aromatic N) is 6. The van der Waals surface area contributed by atoms with Gasteiger partial charge >= 0.3 is 0 Å². The number of ether oxygens (including phenoxy) is 1. The van der Waals surface area contributed by atoms with E-state index in [2.05, 4.69) is 44.1 Å². The van der Waals surface area contributed by atoms with Gasteiger partial charge in [-0.2, -0.15) is 10.2 Å². The minimum atomic E-state index is 0.238. The first-order valence-electron chi connectivity index (χ1n) is 10.4. The zero-order chi connectivity index (χ0) is 20.9. The van der Waals surface area contributed by atoms with Crippen molar-refractivity contribution < 1.29 is 4.74 Å². The minimum Gasteiger partial charge on any atom is -0.377 e. The Morgan fingerprint density at radius 1 is 1.13 bits per heavy atom. The minimum absolute atomic E-state index is 0.238. The Kier molecular flexibility index (Phi) is 4.03. The molecule has 6 heterocycles. The van der Waals surface area contributed by atoms with Crippen molar-refractivity contribution in [2.45, 2.75) is 13.0 Å². The van der Waals surface area contributed by atoms with E-state index in [0.29, 0.717) is 13.2 Å². The number of anilines is 1. The third-order valence-corrected chi connectivity index (χ3v) is 5.93. The molecular formula is C22H22N8O. The third-order valence-electron chi connectivity index (χ3n) is 5.93. The van der Waals surface area contributed by atoms with Gasteiger partial charge in [-0.1, -0.05) is 0 Å². The molecule has 1 saturated heterocycles. The van der Waals surface area contributed by atoms with E-state index in [9.17, 15) is 0 Å². The van der Waals surface area contributed by atoms with Crippen molar-refractivity contribution in [2.75, 3.05) is 24.7 Å². The van der Waals surface area contributed by atoms with Crippen LogP contribution in [0.15, 0.2) is 42.9 Å². The van der Waals surface area contributed by atoms with Crippen LogP contribution in [-0.2, 0) is 11.8 Å². The van der Waals surface area contributed by atoms with Crippen molar-refractivity contribution >= 4 is 27.9 Å². The van der Waals surface area contributed by atoms with Crippen molar-refractivity contribution in [1.29, 1.82) is 0 Å². The zero-order valence-corrected chi connectivity index (χ0v) is 17.3. The zero-order valence-electron chi connectivity index (χ0n) is 17.3. The number of hydrogen-bond donors (Lipinski definition) is 2. The van der Waals surface area contributed by atoms with Gasteiger partial charge in [0.05, 0.1) is 19.3 Å². The summed E-state index contributed by atoms with van der Waals surface area (Å²) in [6.07, 6.45) is 5.56. The third kappa shape index (κ3) is 2.81. The summed E-state index contributed by atoms with van der Waals surface area (Å²) in [6, 6.07) is 8.42. The molecule has 0 bridgehead atoms. The van der Waals surface area contributed by atoms with E-state index in [4.69, 9.17) is 14.8 Å². The smallest absolute Gasteiger partial charge is 0.137 e. The highest BCUT2D eigenvalue weighted by molar-refractivity contribution is 6.05. The molecule has 0 amide bonds. The summed E-state index contributed by atoms with van der Waals surface area (Å²) >= 11 is 0. The molecule has 0 spiro atoms. The standard InChI is InChI=1S/C22H22N8O/c1-13-12-31-10-9-30(13)18-11-16(14-3-6-23-22-15(14)4-7-24-22)19-20(26-18)21(29(2)28-19)17-5-8-25-27-17/h3-8,11,13H,9-10,12H2,1-2H3,(H,23,24)(H,25,27)/t13-/m1/s1. The Bertz CT molecular complexity index is 1380. The second-order valence-electron chi connectivity index (χ2n) is 7.87. The van der Waals surface area contributed by atoms with Gasteiger partial charge in [-0.25, -0.2) is 9.97 Å². The topological polar surface area (TPSA) is 101 Å². The largest absolute Gasteiger partial charge is 0.377 e. The van der Waals surface area contributed by atoms with Gasteiger partial charge in [-0.05, 0) is 36.8 Å². The molecule has 9 heteroatoms. The molecular weight excluding hydrogens is 392 g/mol. The van der Waals surface area contributed by atoms with Crippen LogP contribution in [0, 0.1) is 0 Å². The van der Waals surface area contributed by atoms with Crippen LogP contribution in [0.3, 0.4) is 0 Å². The molecule has 5 aromatic heterocycles. The monoisotopic (exact) mass is 414 g/mol. The molecule has 31 heavy (non-hydrogen) atoms. The van der Waals surface area contributed by atoms with Gasteiger partial charge in [0.1, 0.15) is 33.9 Å². The Labute approximate surface area is 178 Å².